The average molecular weight is 312 g/mol. The topological polar surface area (TPSA) is 59.9 Å². The van der Waals surface area contributed by atoms with E-state index in [1.165, 1.54) is 19.3 Å². The third kappa shape index (κ3) is 4.73. The molecule has 0 aliphatic heterocycles. The van der Waals surface area contributed by atoms with Gasteiger partial charge in [0.2, 0.25) is 5.88 Å². The minimum atomic E-state index is 0.155. The molecule has 0 spiro atoms. The second kappa shape index (κ2) is 8.02. The van der Waals surface area contributed by atoms with E-state index in [0.717, 1.165) is 36.5 Å². The smallest absolute Gasteiger partial charge is 0.213 e. The Morgan fingerprint density at radius 3 is 2.70 bits per heavy atom. The Bertz CT molecular complexity index is 582. The van der Waals surface area contributed by atoms with E-state index in [1.807, 2.05) is 12.3 Å². The standard InChI is InChI=1S/C18H24N4O/c1-14(17-13-19-9-10-20-17)21-11-15-7-8-18(22-12-15)23-16-5-3-2-4-6-16/h7-10,12-14,16,21H,2-6,11H2,1H3. The monoisotopic (exact) mass is 312 g/mol. The third-order valence-corrected chi connectivity index (χ3v) is 4.28. The lowest BCUT2D eigenvalue weighted by Crippen LogP contribution is -2.20. The minimum Gasteiger partial charge on any atom is -0.474 e. The van der Waals surface area contributed by atoms with Crippen LogP contribution in [0.4, 0.5) is 0 Å². The molecule has 0 radical (unpaired) electrons. The highest BCUT2D eigenvalue weighted by Crippen LogP contribution is 2.22. The van der Waals surface area contributed by atoms with Gasteiger partial charge in [-0.3, -0.25) is 9.97 Å². The van der Waals surface area contributed by atoms with Gasteiger partial charge in [-0.25, -0.2) is 4.98 Å². The molecule has 1 N–H and O–H groups in total. The van der Waals surface area contributed by atoms with Crippen molar-refractivity contribution in [3.05, 3.63) is 48.2 Å². The molecule has 23 heavy (non-hydrogen) atoms. The molecular weight excluding hydrogens is 288 g/mol. The van der Waals surface area contributed by atoms with Crippen molar-refractivity contribution in [3.63, 3.8) is 0 Å². The van der Waals surface area contributed by atoms with Crippen molar-refractivity contribution in [3.8, 4) is 5.88 Å². The maximum absolute atomic E-state index is 5.96. The molecule has 1 saturated carbocycles. The maximum atomic E-state index is 5.96. The Balaban J connectivity index is 1.49. The normalized spacial score (nSPS) is 16.9. The molecule has 5 heteroatoms. The maximum Gasteiger partial charge on any atom is 0.213 e. The average Bonchev–Trinajstić information content (AvgIpc) is 2.62. The van der Waals surface area contributed by atoms with E-state index in [2.05, 4.69) is 33.3 Å². The Labute approximate surface area is 137 Å². The summed E-state index contributed by atoms with van der Waals surface area (Å²) in [5.41, 5.74) is 2.08. The van der Waals surface area contributed by atoms with Crippen molar-refractivity contribution in [1.82, 2.24) is 20.3 Å². The van der Waals surface area contributed by atoms with E-state index in [4.69, 9.17) is 4.74 Å². The van der Waals surface area contributed by atoms with Gasteiger partial charge in [-0.15, -0.1) is 0 Å². The van der Waals surface area contributed by atoms with Gasteiger partial charge in [-0.2, -0.15) is 0 Å². The number of nitrogens with zero attached hydrogens (tertiary/aromatic N) is 3. The fourth-order valence-electron chi connectivity index (χ4n) is 2.85. The van der Waals surface area contributed by atoms with Crippen molar-refractivity contribution >= 4 is 0 Å². The molecule has 0 aromatic carbocycles. The number of pyridine rings is 1. The molecular formula is C18H24N4O. The van der Waals surface area contributed by atoms with E-state index in [0.29, 0.717) is 6.10 Å². The van der Waals surface area contributed by atoms with Crippen molar-refractivity contribution in [2.24, 2.45) is 0 Å². The zero-order valence-corrected chi connectivity index (χ0v) is 13.6. The van der Waals surface area contributed by atoms with Crippen LogP contribution in [0, 0.1) is 0 Å². The largest absolute Gasteiger partial charge is 0.474 e. The fraction of sp³-hybridized carbons (Fsp3) is 0.500. The first-order valence-electron chi connectivity index (χ1n) is 8.42. The minimum absolute atomic E-state index is 0.155. The lowest BCUT2D eigenvalue weighted by molar-refractivity contribution is 0.148. The molecule has 0 amide bonds. The zero-order valence-electron chi connectivity index (χ0n) is 13.6. The molecule has 0 saturated heterocycles. The van der Waals surface area contributed by atoms with Gasteiger partial charge in [0.1, 0.15) is 6.10 Å². The molecule has 1 aliphatic carbocycles. The number of ether oxygens (including phenoxy) is 1. The van der Waals surface area contributed by atoms with Crippen LogP contribution < -0.4 is 10.1 Å². The van der Waals surface area contributed by atoms with E-state index in [-0.39, 0.29) is 6.04 Å². The summed E-state index contributed by atoms with van der Waals surface area (Å²) in [7, 11) is 0. The predicted molar refractivity (Wildman–Crippen MR) is 89.0 cm³/mol. The first kappa shape index (κ1) is 15.9. The van der Waals surface area contributed by atoms with Crippen LogP contribution in [0.3, 0.4) is 0 Å². The van der Waals surface area contributed by atoms with Crippen LogP contribution in [0.1, 0.15) is 56.3 Å². The highest BCUT2D eigenvalue weighted by Gasteiger charge is 2.15. The van der Waals surface area contributed by atoms with E-state index < -0.39 is 0 Å². The number of hydrogen-bond acceptors (Lipinski definition) is 5. The molecule has 0 bridgehead atoms. The SMILES string of the molecule is CC(NCc1ccc(OC2CCCCC2)nc1)c1cnccn1. The zero-order chi connectivity index (χ0) is 15.9. The molecule has 1 atom stereocenters. The van der Waals surface area contributed by atoms with Crippen LogP contribution in [0.15, 0.2) is 36.9 Å². The fourth-order valence-corrected chi connectivity index (χ4v) is 2.85. The second-order valence-electron chi connectivity index (χ2n) is 6.12. The van der Waals surface area contributed by atoms with Gasteiger partial charge in [0.15, 0.2) is 0 Å². The van der Waals surface area contributed by atoms with Crippen molar-refractivity contribution in [2.75, 3.05) is 0 Å². The Hall–Kier alpha value is -2.01. The van der Waals surface area contributed by atoms with Crippen LogP contribution in [0.25, 0.3) is 0 Å². The van der Waals surface area contributed by atoms with Crippen LogP contribution in [0.2, 0.25) is 0 Å². The van der Waals surface area contributed by atoms with Gasteiger partial charge < -0.3 is 10.1 Å². The van der Waals surface area contributed by atoms with Gasteiger partial charge in [-0.05, 0) is 38.2 Å². The first-order chi connectivity index (χ1) is 11.3. The van der Waals surface area contributed by atoms with E-state index in [1.54, 1.807) is 18.6 Å². The molecule has 1 unspecified atom stereocenters. The highest BCUT2D eigenvalue weighted by atomic mass is 16.5. The van der Waals surface area contributed by atoms with Crippen molar-refractivity contribution in [1.29, 1.82) is 0 Å². The molecule has 1 fully saturated rings. The van der Waals surface area contributed by atoms with Crippen LogP contribution >= 0.6 is 0 Å². The lowest BCUT2D eigenvalue weighted by Gasteiger charge is -2.22. The second-order valence-corrected chi connectivity index (χ2v) is 6.12. The summed E-state index contributed by atoms with van der Waals surface area (Å²) in [5, 5.41) is 3.43. The van der Waals surface area contributed by atoms with Gasteiger partial charge in [0.25, 0.3) is 0 Å². The van der Waals surface area contributed by atoms with Gasteiger partial charge in [0, 0.05) is 43.4 Å². The van der Waals surface area contributed by atoms with Crippen LogP contribution in [-0.4, -0.2) is 21.1 Å². The summed E-state index contributed by atoms with van der Waals surface area (Å²) < 4.78 is 5.96. The molecule has 2 aromatic rings. The van der Waals surface area contributed by atoms with Crippen molar-refractivity contribution in [2.45, 2.75) is 57.7 Å². The lowest BCUT2D eigenvalue weighted by atomic mass is 9.98. The van der Waals surface area contributed by atoms with E-state index in [9.17, 15) is 0 Å². The summed E-state index contributed by atoms with van der Waals surface area (Å²) in [4.78, 5) is 12.8. The molecule has 122 valence electrons. The van der Waals surface area contributed by atoms with Gasteiger partial charge >= 0.3 is 0 Å². The Morgan fingerprint density at radius 1 is 1.13 bits per heavy atom. The highest BCUT2D eigenvalue weighted by molar-refractivity contribution is 5.18. The van der Waals surface area contributed by atoms with Crippen molar-refractivity contribution < 1.29 is 4.74 Å². The van der Waals surface area contributed by atoms with E-state index >= 15 is 0 Å². The number of aromatic nitrogens is 3. The van der Waals surface area contributed by atoms with Crippen LogP contribution in [0.5, 0.6) is 5.88 Å². The van der Waals surface area contributed by atoms with Gasteiger partial charge in [0.05, 0.1) is 5.69 Å². The molecule has 3 rings (SSSR count). The number of nitrogens with one attached hydrogen (secondary N) is 1. The number of hydrogen-bond donors (Lipinski definition) is 1. The molecule has 5 nitrogen and oxygen atoms in total. The Morgan fingerprint density at radius 2 is 2.00 bits per heavy atom. The van der Waals surface area contributed by atoms with Gasteiger partial charge in [-0.1, -0.05) is 12.5 Å². The van der Waals surface area contributed by atoms with Crippen LogP contribution in [-0.2, 0) is 6.54 Å². The molecule has 1 aliphatic rings. The summed E-state index contributed by atoms with van der Waals surface area (Å²) in [5.74, 6) is 0.739. The first-order valence-corrected chi connectivity index (χ1v) is 8.42. The molecule has 2 heterocycles. The summed E-state index contributed by atoms with van der Waals surface area (Å²) >= 11 is 0. The predicted octanol–water partition coefficient (Wildman–Crippen LogP) is 3.43. The quantitative estimate of drug-likeness (QED) is 0.885. The third-order valence-electron chi connectivity index (χ3n) is 4.28. The number of rotatable bonds is 6. The summed E-state index contributed by atoms with van der Waals surface area (Å²) in [6.45, 7) is 2.83. The summed E-state index contributed by atoms with van der Waals surface area (Å²) in [6, 6.07) is 4.20. The summed E-state index contributed by atoms with van der Waals surface area (Å²) in [6.07, 6.45) is 13.6. The molecule has 2 aromatic heterocycles. The Kier molecular flexibility index (Phi) is 5.53.